The van der Waals surface area contributed by atoms with E-state index in [2.05, 4.69) is 0 Å². The first-order chi connectivity index (χ1) is 9.40. The van der Waals surface area contributed by atoms with Crippen molar-refractivity contribution in [3.05, 3.63) is 45.8 Å². The van der Waals surface area contributed by atoms with E-state index in [-0.39, 0.29) is 11.9 Å². The molecule has 1 aliphatic carbocycles. The molecule has 1 aliphatic rings. The fourth-order valence-electron chi connectivity index (χ4n) is 2.26. The molecule has 2 atom stereocenters. The van der Waals surface area contributed by atoms with Crippen molar-refractivity contribution in [3.8, 4) is 0 Å². The summed E-state index contributed by atoms with van der Waals surface area (Å²) in [5, 5.41) is 8.56. The molecule has 1 aromatic carbocycles. The minimum absolute atomic E-state index is 0.105. The predicted molar refractivity (Wildman–Crippen MR) is 63.6 cm³/mol. The monoisotopic (exact) mass is 283 g/mol. The Morgan fingerprint density at radius 2 is 2.00 bits per heavy atom. The fourth-order valence-corrected chi connectivity index (χ4v) is 2.26. The van der Waals surface area contributed by atoms with Crippen LogP contribution in [0.5, 0.6) is 0 Å². The van der Waals surface area contributed by atoms with Gasteiger partial charge in [-0.2, -0.15) is 0 Å². The lowest BCUT2D eigenvalue weighted by molar-refractivity contribution is 0.0694. The van der Waals surface area contributed by atoms with Crippen molar-refractivity contribution >= 4 is 16.9 Å². The summed E-state index contributed by atoms with van der Waals surface area (Å²) < 4.78 is 41.4. The maximum Gasteiger partial charge on any atom is 0.341 e. The Hall–Kier alpha value is -2.31. The van der Waals surface area contributed by atoms with Crippen molar-refractivity contribution in [1.82, 2.24) is 4.57 Å². The van der Waals surface area contributed by atoms with E-state index < -0.39 is 46.2 Å². The number of hydrogen-bond donors (Lipinski definition) is 1. The van der Waals surface area contributed by atoms with Gasteiger partial charge in [0.15, 0.2) is 5.82 Å². The molecular weight excluding hydrogens is 275 g/mol. The quantitative estimate of drug-likeness (QED) is 0.919. The van der Waals surface area contributed by atoms with E-state index in [1.807, 2.05) is 0 Å². The number of aromatic carboxylic acids is 1. The Morgan fingerprint density at radius 1 is 1.35 bits per heavy atom. The Balaban J connectivity index is 2.45. The Labute approximate surface area is 110 Å². The molecule has 1 fully saturated rings. The summed E-state index contributed by atoms with van der Waals surface area (Å²) in [5.74, 6) is -3.53. The molecular formula is C13H8F3NO3. The number of rotatable bonds is 2. The van der Waals surface area contributed by atoms with Crippen LogP contribution in [0.2, 0.25) is 0 Å². The van der Waals surface area contributed by atoms with E-state index in [9.17, 15) is 22.8 Å². The summed E-state index contributed by atoms with van der Waals surface area (Å²) in [6, 6.07) is 0.615. The minimum atomic E-state index is -1.52. The summed E-state index contributed by atoms with van der Waals surface area (Å²) >= 11 is 0. The Bertz CT molecular complexity index is 800. The number of aromatic nitrogens is 1. The maximum atomic E-state index is 13.9. The Kier molecular flexibility index (Phi) is 2.60. The van der Waals surface area contributed by atoms with Crippen LogP contribution in [0.25, 0.3) is 10.9 Å². The summed E-state index contributed by atoms with van der Waals surface area (Å²) in [6.07, 6.45) is -0.210. The first kappa shape index (κ1) is 12.7. The predicted octanol–water partition coefficient (Wildman–Crippen LogP) is 2.26. The SMILES string of the molecule is O=C(O)c1cn(C2CC2F)c2c(F)cc(F)cc2c1=O. The van der Waals surface area contributed by atoms with Gasteiger partial charge in [-0.25, -0.2) is 18.0 Å². The first-order valence-corrected chi connectivity index (χ1v) is 5.81. The van der Waals surface area contributed by atoms with Crippen molar-refractivity contribution in [2.75, 3.05) is 0 Å². The van der Waals surface area contributed by atoms with Crippen LogP contribution in [-0.4, -0.2) is 21.8 Å². The number of benzene rings is 1. The highest BCUT2D eigenvalue weighted by molar-refractivity contribution is 5.92. The van der Waals surface area contributed by atoms with Gasteiger partial charge in [-0.3, -0.25) is 4.79 Å². The molecule has 3 rings (SSSR count). The van der Waals surface area contributed by atoms with Crippen LogP contribution in [0.3, 0.4) is 0 Å². The van der Waals surface area contributed by atoms with E-state index in [4.69, 9.17) is 5.11 Å². The lowest BCUT2D eigenvalue weighted by atomic mass is 10.1. The van der Waals surface area contributed by atoms with Gasteiger partial charge in [-0.1, -0.05) is 0 Å². The van der Waals surface area contributed by atoms with Gasteiger partial charge in [0.25, 0.3) is 0 Å². The number of pyridine rings is 1. The molecule has 20 heavy (non-hydrogen) atoms. The van der Waals surface area contributed by atoms with Gasteiger partial charge in [0.2, 0.25) is 5.43 Å². The molecule has 0 saturated heterocycles. The van der Waals surface area contributed by atoms with Crippen LogP contribution < -0.4 is 5.43 Å². The summed E-state index contributed by atoms with van der Waals surface area (Å²) in [6.45, 7) is 0. The zero-order chi connectivity index (χ0) is 14.6. The Morgan fingerprint density at radius 3 is 2.55 bits per heavy atom. The van der Waals surface area contributed by atoms with Gasteiger partial charge >= 0.3 is 5.97 Å². The molecule has 2 unspecified atom stereocenters. The van der Waals surface area contributed by atoms with Crippen molar-refractivity contribution in [2.24, 2.45) is 0 Å². The molecule has 4 nitrogen and oxygen atoms in total. The van der Waals surface area contributed by atoms with Gasteiger partial charge in [0, 0.05) is 18.7 Å². The van der Waals surface area contributed by atoms with Crippen molar-refractivity contribution in [1.29, 1.82) is 0 Å². The number of alkyl halides is 1. The third kappa shape index (κ3) is 1.77. The number of halogens is 3. The molecule has 2 aromatic rings. The minimum Gasteiger partial charge on any atom is -0.477 e. The number of carboxylic acids is 1. The summed E-state index contributed by atoms with van der Waals surface area (Å²) in [4.78, 5) is 22.9. The van der Waals surface area contributed by atoms with Crippen LogP contribution >= 0.6 is 0 Å². The zero-order valence-corrected chi connectivity index (χ0v) is 9.94. The second-order valence-electron chi connectivity index (χ2n) is 4.69. The average molecular weight is 283 g/mol. The van der Waals surface area contributed by atoms with Gasteiger partial charge in [0.05, 0.1) is 16.9 Å². The van der Waals surface area contributed by atoms with Crippen LogP contribution in [0.4, 0.5) is 13.2 Å². The normalized spacial score (nSPS) is 21.1. The molecule has 0 spiro atoms. The van der Waals surface area contributed by atoms with E-state index in [0.717, 1.165) is 16.8 Å². The number of nitrogens with zero attached hydrogens (tertiary/aromatic N) is 1. The van der Waals surface area contributed by atoms with Crippen molar-refractivity contribution < 1.29 is 23.1 Å². The van der Waals surface area contributed by atoms with Crippen LogP contribution in [0, 0.1) is 11.6 Å². The summed E-state index contributed by atoms with van der Waals surface area (Å²) in [5.41, 5.74) is -1.90. The lowest BCUT2D eigenvalue weighted by Crippen LogP contribution is -2.20. The average Bonchev–Trinajstić information content (AvgIpc) is 3.07. The number of carbonyl (C=O) groups is 1. The zero-order valence-electron chi connectivity index (χ0n) is 9.94. The molecule has 7 heteroatoms. The highest BCUT2D eigenvalue weighted by Crippen LogP contribution is 2.40. The molecule has 0 bridgehead atoms. The van der Waals surface area contributed by atoms with Gasteiger partial charge in [-0.05, 0) is 6.07 Å². The molecule has 1 aromatic heterocycles. The van der Waals surface area contributed by atoms with Gasteiger partial charge < -0.3 is 9.67 Å². The number of fused-ring (bicyclic) bond motifs is 1. The smallest absolute Gasteiger partial charge is 0.341 e. The third-order valence-corrected chi connectivity index (χ3v) is 3.31. The van der Waals surface area contributed by atoms with Crippen molar-refractivity contribution in [3.63, 3.8) is 0 Å². The lowest BCUT2D eigenvalue weighted by Gasteiger charge is -2.12. The van der Waals surface area contributed by atoms with E-state index in [1.54, 1.807) is 0 Å². The van der Waals surface area contributed by atoms with Crippen molar-refractivity contribution in [2.45, 2.75) is 18.6 Å². The molecule has 0 radical (unpaired) electrons. The van der Waals surface area contributed by atoms with Gasteiger partial charge in [0.1, 0.15) is 17.6 Å². The van der Waals surface area contributed by atoms with Crippen LogP contribution in [0.15, 0.2) is 23.1 Å². The summed E-state index contributed by atoms with van der Waals surface area (Å²) in [7, 11) is 0. The third-order valence-electron chi connectivity index (χ3n) is 3.31. The highest BCUT2D eigenvalue weighted by Gasteiger charge is 2.40. The molecule has 0 aliphatic heterocycles. The molecule has 1 N–H and O–H groups in total. The van der Waals surface area contributed by atoms with Crippen LogP contribution in [-0.2, 0) is 0 Å². The first-order valence-electron chi connectivity index (χ1n) is 5.81. The molecule has 1 heterocycles. The second kappa shape index (κ2) is 4.09. The van der Waals surface area contributed by atoms with E-state index in [1.165, 1.54) is 0 Å². The molecule has 0 amide bonds. The second-order valence-corrected chi connectivity index (χ2v) is 4.69. The topological polar surface area (TPSA) is 59.3 Å². The van der Waals surface area contributed by atoms with E-state index in [0.29, 0.717) is 6.07 Å². The maximum absolute atomic E-state index is 13.9. The standard InChI is InChI=1S/C13H8F3NO3/c14-5-1-6-11(9(16)2-5)17(10-3-8(10)15)4-7(12(6)18)13(19)20/h1-2,4,8,10H,3H2,(H,19,20). The van der Waals surface area contributed by atoms with E-state index >= 15 is 0 Å². The number of carboxylic acid groups (broad SMARTS) is 1. The fraction of sp³-hybridized carbons (Fsp3) is 0.231. The van der Waals surface area contributed by atoms with Gasteiger partial charge in [-0.15, -0.1) is 0 Å². The molecule has 1 saturated carbocycles. The van der Waals surface area contributed by atoms with Crippen LogP contribution in [0.1, 0.15) is 22.8 Å². The largest absolute Gasteiger partial charge is 0.477 e. The molecule has 104 valence electrons. The number of hydrogen-bond acceptors (Lipinski definition) is 2. The highest BCUT2D eigenvalue weighted by atomic mass is 19.1.